The largest absolute Gasteiger partial charge is 0.497 e. The summed E-state index contributed by atoms with van der Waals surface area (Å²) in [7, 11) is 3.21. The van der Waals surface area contributed by atoms with E-state index >= 15 is 0 Å². The van der Waals surface area contributed by atoms with Crippen LogP contribution in [0, 0.1) is 13.8 Å². The molecule has 1 amide bonds. The smallest absolute Gasteiger partial charge is 0.252 e. The molecule has 0 unspecified atom stereocenters. The number of ether oxygens (including phenoxy) is 2. The summed E-state index contributed by atoms with van der Waals surface area (Å²) in [6.07, 6.45) is 2.34. The zero-order valence-corrected chi connectivity index (χ0v) is 18.5. The Morgan fingerprint density at radius 2 is 2.03 bits per heavy atom. The summed E-state index contributed by atoms with van der Waals surface area (Å²) >= 11 is 1.37. The molecule has 0 radical (unpaired) electrons. The number of amides is 1. The fraction of sp³-hybridized carbons (Fsp3) is 0.286. The van der Waals surface area contributed by atoms with Crippen molar-refractivity contribution >= 4 is 28.2 Å². The second-order valence-corrected chi connectivity index (χ2v) is 7.74. The lowest BCUT2D eigenvalue weighted by Gasteiger charge is -2.10. The molecule has 4 aromatic rings. The lowest BCUT2D eigenvalue weighted by atomic mass is 10.1. The normalized spacial score (nSPS) is 11.0. The third-order valence-corrected chi connectivity index (χ3v) is 5.78. The molecule has 4 rings (SSSR count). The van der Waals surface area contributed by atoms with E-state index in [4.69, 9.17) is 9.47 Å². The van der Waals surface area contributed by atoms with Crippen LogP contribution >= 0.6 is 11.3 Å². The summed E-state index contributed by atoms with van der Waals surface area (Å²) in [6.45, 7) is 3.88. The zero-order valence-electron chi connectivity index (χ0n) is 17.7. The molecule has 160 valence electrons. The maximum atomic E-state index is 12.5. The predicted octanol–water partition coefficient (Wildman–Crippen LogP) is 3.45. The van der Waals surface area contributed by atoms with Gasteiger partial charge in [-0.15, -0.1) is 11.3 Å². The highest BCUT2D eigenvalue weighted by Gasteiger charge is 2.15. The van der Waals surface area contributed by atoms with Crippen LogP contribution in [0.5, 0.6) is 11.5 Å². The van der Waals surface area contributed by atoms with Crippen molar-refractivity contribution in [3.63, 3.8) is 0 Å². The van der Waals surface area contributed by atoms with Gasteiger partial charge in [-0.3, -0.25) is 4.79 Å². The van der Waals surface area contributed by atoms with E-state index in [1.807, 2.05) is 31.4 Å². The highest BCUT2D eigenvalue weighted by Crippen LogP contribution is 2.34. The predicted molar refractivity (Wildman–Crippen MR) is 118 cm³/mol. The van der Waals surface area contributed by atoms with E-state index < -0.39 is 0 Å². The number of fused-ring (bicyclic) bond motifs is 1. The Labute approximate surface area is 183 Å². The highest BCUT2D eigenvalue weighted by atomic mass is 32.1. The van der Waals surface area contributed by atoms with Gasteiger partial charge in [0.15, 0.2) is 5.13 Å². The molecule has 0 saturated carbocycles. The SMILES string of the molecule is COc1ccc(-c2csc(NC(=O)CCc3c(C)nc4ncnn4c3C)n2)c(OC)c1. The average Bonchev–Trinajstić information content (AvgIpc) is 3.42. The molecule has 0 saturated heterocycles. The number of methoxy groups -OCH3 is 2. The number of hydrogen-bond acceptors (Lipinski definition) is 8. The first-order chi connectivity index (χ1) is 15.0. The second kappa shape index (κ2) is 8.68. The number of benzene rings is 1. The van der Waals surface area contributed by atoms with Crippen molar-refractivity contribution in [2.24, 2.45) is 0 Å². The Bertz CT molecular complexity index is 1250. The van der Waals surface area contributed by atoms with E-state index in [0.29, 0.717) is 35.2 Å². The van der Waals surface area contributed by atoms with E-state index in [0.717, 1.165) is 28.2 Å². The van der Waals surface area contributed by atoms with Gasteiger partial charge in [0.25, 0.3) is 5.78 Å². The van der Waals surface area contributed by atoms with Gasteiger partial charge in [0, 0.05) is 34.8 Å². The van der Waals surface area contributed by atoms with Crippen molar-refractivity contribution in [2.75, 3.05) is 19.5 Å². The first kappa shape index (κ1) is 20.7. The molecule has 31 heavy (non-hydrogen) atoms. The zero-order chi connectivity index (χ0) is 22.0. The molecule has 0 aliphatic carbocycles. The number of nitrogens with one attached hydrogen (secondary N) is 1. The molecule has 0 fully saturated rings. The van der Waals surface area contributed by atoms with Gasteiger partial charge >= 0.3 is 0 Å². The Balaban J connectivity index is 1.44. The van der Waals surface area contributed by atoms with Crippen LogP contribution in [-0.4, -0.2) is 44.7 Å². The maximum absolute atomic E-state index is 12.5. The maximum Gasteiger partial charge on any atom is 0.252 e. The van der Waals surface area contributed by atoms with Crippen LogP contribution in [0.25, 0.3) is 17.0 Å². The molecule has 3 aromatic heterocycles. The lowest BCUT2D eigenvalue weighted by molar-refractivity contribution is -0.116. The van der Waals surface area contributed by atoms with Crippen LogP contribution < -0.4 is 14.8 Å². The van der Waals surface area contributed by atoms with E-state index in [2.05, 4.69) is 25.4 Å². The topological polar surface area (TPSA) is 104 Å². The van der Waals surface area contributed by atoms with Crippen LogP contribution in [0.3, 0.4) is 0 Å². The van der Waals surface area contributed by atoms with Crippen molar-refractivity contribution < 1.29 is 14.3 Å². The number of anilines is 1. The molecule has 9 nitrogen and oxygen atoms in total. The van der Waals surface area contributed by atoms with E-state index in [9.17, 15) is 4.79 Å². The summed E-state index contributed by atoms with van der Waals surface area (Å²) in [6, 6.07) is 5.54. The minimum absolute atomic E-state index is 0.111. The molecular formula is C21H22N6O3S. The van der Waals surface area contributed by atoms with Crippen molar-refractivity contribution in [3.05, 3.63) is 46.9 Å². The van der Waals surface area contributed by atoms with Gasteiger partial charge in [0.05, 0.1) is 19.9 Å². The number of carbonyl (C=O) groups is 1. The number of nitrogens with zero attached hydrogens (tertiary/aromatic N) is 5. The quantitative estimate of drug-likeness (QED) is 0.471. The number of hydrogen-bond donors (Lipinski definition) is 1. The van der Waals surface area contributed by atoms with Crippen LogP contribution in [0.2, 0.25) is 0 Å². The third-order valence-electron chi connectivity index (χ3n) is 5.03. The summed E-state index contributed by atoms with van der Waals surface area (Å²) < 4.78 is 12.4. The molecule has 0 aliphatic heterocycles. The highest BCUT2D eigenvalue weighted by molar-refractivity contribution is 7.14. The van der Waals surface area contributed by atoms with Crippen LogP contribution in [-0.2, 0) is 11.2 Å². The van der Waals surface area contributed by atoms with Crippen molar-refractivity contribution in [1.82, 2.24) is 24.6 Å². The van der Waals surface area contributed by atoms with Crippen LogP contribution in [0.1, 0.15) is 23.4 Å². The summed E-state index contributed by atoms with van der Waals surface area (Å²) in [5.41, 5.74) is 4.35. The average molecular weight is 439 g/mol. The molecule has 0 atom stereocenters. The number of aromatic nitrogens is 5. The summed E-state index contributed by atoms with van der Waals surface area (Å²) in [5.74, 6) is 1.81. The Morgan fingerprint density at radius 1 is 1.19 bits per heavy atom. The van der Waals surface area contributed by atoms with Gasteiger partial charge < -0.3 is 14.8 Å². The first-order valence-corrected chi connectivity index (χ1v) is 10.5. The van der Waals surface area contributed by atoms with Crippen LogP contribution in [0.15, 0.2) is 29.9 Å². The lowest BCUT2D eigenvalue weighted by Crippen LogP contribution is -2.14. The van der Waals surface area contributed by atoms with Gasteiger partial charge in [0.1, 0.15) is 17.8 Å². The van der Waals surface area contributed by atoms with Gasteiger partial charge in [-0.1, -0.05) is 0 Å². The van der Waals surface area contributed by atoms with E-state index in [1.54, 1.807) is 24.8 Å². The molecule has 1 N–H and O–H groups in total. The van der Waals surface area contributed by atoms with E-state index in [-0.39, 0.29) is 5.91 Å². The second-order valence-electron chi connectivity index (χ2n) is 6.89. The first-order valence-electron chi connectivity index (χ1n) is 9.63. The number of rotatable bonds is 7. The molecule has 0 spiro atoms. The Hall–Kier alpha value is -3.53. The number of aryl methyl sites for hydroxylation is 2. The third kappa shape index (κ3) is 4.19. The van der Waals surface area contributed by atoms with Gasteiger partial charge in [0.2, 0.25) is 5.91 Å². The van der Waals surface area contributed by atoms with Crippen molar-refractivity contribution in [1.29, 1.82) is 0 Å². The van der Waals surface area contributed by atoms with Crippen molar-refractivity contribution in [3.8, 4) is 22.8 Å². The molecule has 0 bridgehead atoms. The fourth-order valence-corrected chi connectivity index (χ4v) is 4.13. The molecular weight excluding hydrogens is 416 g/mol. The number of thiazole rings is 1. The summed E-state index contributed by atoms with van der Waals surface area (Å²) in [4.78, 5) is 25.6. The Kier molecular flexibility index (Phi) is 5.81. The monoisotopic (exact) mass is 438 g/mol. The van der Waals surface area contributed by atoms with Gasteiger partial charge in [-0.25, -0.2) is 14.5 Å². The molecule has 0 aliphatic rings. The van der Waals surface area contributed by atoms with Gasteiger partial charge in [-0.05, 0) is 38.0 Å². The summed E-state index contributed by atoms with van der Waals surface area (Å²) in [5, 5.41) is 9.49. The minimum Gasteiger partial charge on any atom is -0.497 e. The molecule has 10 heteroatoms. The fourth-order valence-electron chi connectivity index (χ4n) is 3.40. The number of carbonyl (C=O) groups excluding carboxylic acids is 1. The van der Waals surface area contributed by atoms with Crippen LogP contribution in [0.4, 0.5) is 5.13 Å². The minimum atomic E-state index is -0.111. The Morgan fingerprint density at radius 3 is 2.81 bits per heavy atom. The van der Waals surface area contributed by atoms with Gasteiger partial charge in [-0.2, -0.15) is 10.1 Å². The molecule has 1 aromatic carbocycles. The van der Waals surface area contributed by atoms with Crippen molar-refractivity contribution in [2.45, 2.75) is 26.7 Å². The molecule has 3 heterocycles. The van der Waals surface area contributed by atoms with E-state index in [1.165, 1.54) is 17.7 Å². The standard InChI is InChI=1S/C21H22N6O3S/c1-12-15(13(2)27-20(24-12)22-11-23-27)7-8-19(28)26-21-25-17(10-31-21)16-6-5-14(29-3)9-18(16)30-4/h5-6,9-11H,7-8H2,1-4H3,(H,25,26,28).